The second-order valence-electron chi connectivity index (χ2n) is 4.80. The van der Waals surface area contributed by atoms with Crippen molar-refractivity contribution in [2.24, 2.45) is 0 Å². The molecule has 0 spiro atoms. The summed E-state index contributed by atoms with van der Waals surface area (Å²) >= 11 is 0. The molecule has 0 aliphatic rings. The van der Waals surface area contributed by atoms with Crippen molar-refractivity contribution in [3.05, 3.63) is 0 Å². The molecule has 34 heavy (non-hydrogen) atoms. The normalized spacial score (nSPS) is 14.7. The molecule has 0 unspecified atom stereocenters. The molecular formula is C8F18LiO4RuS2. The van der Waals surface area contributed by atoms with Crippen LogP contribution in [0.3, 0.4) is 0 Å². The van der Waals surface area contributed by atoms with Gasteiger partial charge in [0.15, 0.2) is 0 Å². The molecule has 0 saturated carbocycles. The van der Waals surface area contributed by atoms with Gasteiger partial charge in [-0.1, -0.05) is 0 Å². The van der Waals surface area contributed by atoms with Gasteiger partial charge in [-0.2, -0.15) is 61.5 Å². The molecule has 4 nitrogen and oxygen atoms in total. The average Bonchev–Trinajstić information content (AvgIpc) is 2.52. The minimum Gasteiger partial charge on any atom is -0.418 e. The van der Waals surface area contributed by atoms with Gasteiger partial charge in [0.1, 0.15) is 0 Å². The molecule has 203 valence electrons. The Labute approximate surface area is 202 Å². The fourth-order valence-electron chi connectivity index (χ4n) is 0.931. The Kier molecular flexibility index (Phi) is 13.9. The SMILES string of the molecule is O=[S-](=O)C(F)(F)C(F)(F)C(F)(F)C(F)(F)F.O=[S-](=O)C(F)(F)C(F)(F)C(F)(F)C(F)(F)F.[Li].[Ru+2]. The van der Waals surface area contributed by atoms with Crippen LogP contribution in [0, 0.1) is 0 Å². The van der Waals surface area contributed by atoms with Crippen molar-refractivity contribution in [2.75, 3.05) is 0 Å². The van der Waals surface area contributed by atoms with Crippen molar-refractivity contribution in [1.29, 1.82) is 0 Å². The first-order valence-corrected chi connectivity index (χ1v) is 8.13. The first-order valence-electron chi connectivity index (χ1n) is 5.98. The molecule has 0 rings (SSSR count). The Morgan fingerprint density at radius 3 is 0.588 bits per heavy atom. The first-order chi connectivity index (χ1) is 13.4. The van der Waals surface area contributed by atoms with E-state index in [0.717, 1.165) is 0 Å². The summed E-state index contributed by atoms with van der Waals surface area (Å²) in [7, 11) is -10.3. The van der Waals surface area contributed by atoms with E-state index >= 15 is 0 Å². The predicted octanol–water partition coefficient (Wildman–Crippen LogP) is 5.06. The van der Waals surface area contributed by atoms with E-state index in [1.165, 1.54) is 0 Å². The topological polar surface area (TPSA) is 68.3 Å². The summed E-state index contributed by atoms with van der Waals surface area (Å²) in [5, 5.41) is -13.1. The number of halogens is 18. The number of hydrogen-bond donors (Lipinski definition) is 0. The fraction of sp³-hybridized carbons (Fsp3) is 1.00. The van der Waals surface area contributed by atoms with Gasteiger partial charge in [-0.25, -0.2) is 17.6 Å². The van der Waals surface area contributed by atoms with E-state index in [2.05, 4.69) is 0 Å². The molecule has 0 atom stereocenters. The second kappa shape index (κ2) is 11.5. The third-order valence-corrected chi connectivity index (χ3v) is 4.00. The number of rotatable bonds is 6. The van der Waals surface area contributed by atoms with Crippen molar-refractivity contribution >= 4 is 40.3 Å². The zero-order chi connectivity index (χ0) is 27.2. The van der Waals surface area contributed by atoms with Crippen LogP contribution in [-0.2, 0) is 57.7 Å². The summed E-state index contributed by atoms with van der Waals surface area (Å²) < 4.78 is 250. The molecule has 26 heteroatoms. The Morgan fingerprint density at radius 1 is 0.353 bits per heavy atom. The van der Waals surface area contributed by atoms with Crippen LogP contribution in [0.25, 0.3) is 0 Å². The van der Waals surface area contributed by atoms with Crippen LogP contribution in [0.4, 0.5) is 79.0 Å². The minimum atomic E-state index is -7.18. The summed E-state index contributed by atoms with van der Waals surface area (Å²) in [6, 6.07) is 0. The van der Waals surface area contributed by atoms with Crippen LogP contribution in [0.2, 0.25) is 0 Å². The Hall–Kier alpha value is -0.139. The van der Waals surface area contributed by atoms with Crippen molar-refractivity contribution in [3.8, 4) is 0 Å². The molecule has 0 bridgehead atoms. The molecule has 0 amide bonds. The van der Waals surface area contributed by atoms with Gasteiger partial charge < -0.3 is 16.8 Å². The van der Waals surface area contributed by atoms with Gasteiger partial charge in [-0.15, -0.1) is 0 Å². The molecule has 1 radical (unpaired) electrons. The van der Waals surface area contributed by atoms with Gasteiger partial charge in [0, 0.05) is 18.9 Å². The van der Waals surface area contributed by atoms with Gasteiger partial charge in [0.05, 0.1) is 0 Å². The zero-order valence-corrected chi connectivity index (χ0v) is 18.0. The largest absolute Gasteiger partial charge is 2.00 e. The summed E-state index contributed by atoms with van der Waals surface area (Å²) in [4.78, 5) is 0. The van der Waals surface area contributed by atoms with E-state index in [9.17, 15) is 95.9 Å². The monoisotopic (exact) mass is 675 g/mol. The molecule has 0 aliphatic heterocycles. The average molecular weight is 674 g/mol. The van der Waals surface area contributed by atoms with Gasteiger partial charge in [0.2, 0.25) is 0 Å². The maximum absolute atomic E-state index is 12.1. The van der Waals surface area contributed by atoms with Crippen molar-refractivity contribution < 1.29 is 115 Å². The Balaban J connectivity index is -0.000000250. The smallest absolute Gasteiger partial charge is 0.418 e. The standard InChI is InChI=1S/2C4F9O2S.Li.Ru/c2*5-1(6,3(9,10)11)2(7,8)4(12,13)16(14)15;;/q2*-1;;+2. The second-order valence-corrected chi connectivity index (χ2v) is 6.76. The van der Waals surface area contributed by atoms with Crippen LogP contribution < -0.4 is 0 Å². The van der Waals surface area contributed by atoms with E-state index in [0.29, 0.717) is 0 Å². The summed E-state index contributed by atoms with van der Waals surface area (Å²) in [5.41, 5.74) is 0. The minimum absolute atomic E-state index is 0. The number of hydrogen-bond acceptors (Lipinski definition) is 6. The molecule has 0 heterocycles. The van der Waals surface area contributed by atoms with Gasteiger partial charge >= 0.3 is 66.0 Å². The van der Waals surface area contributed by atoms with Gasteiger partial charge in [-0.3, -0.25) is 0 Å². The summed E-state index contributed by atoms with van der Waals surface area (Å²) in [5.74, 6) is -28.6. The molecule has 0 aromatic rings. The molecule has 0 aromatic heterocycles. The molecule has 0 fully saturated rings. The predicted molar refractivity (Wildman–Crippen MR) is 65.0 cm³/mol. The van der Waals surface area contributed by atoms with Crippen molar-refractivity contribution in [2.45, 2.75) is 46.6 Å². The third-order valence-electron chi connectivity index (χ3n) is 2.65. The quantitative estimate of drug-likeness (QED) is 0.225. The van der Waals surface area contributed by atoms with Gasteiger partial charge in [0.25, 0.3) is 0 Å². The third kappa shape index (κ3) is 7.00. The summed E-state index contributed by atoms with van der Waals surface area (Å²) in [6.07, 6.45) is -14.0. The van der Waals surface area contributed by atoms with Crippen LogP contribution in [0.15, 0.2) is 0 Å². The van der Waals surface area contributed by atoms with Crippen molar-refractivity contribution in [1.82, 2.24) is 0 Å². The zero-order valence-electron chi connectivity index (χ0n) is 14.6. The van der Waals surface area contributed by atoms with Crippen LogP contribution in [-0.4, -0.2) is 65.4 Å². The van der Waals surface area contributed by atoms with E-state index in [1.54, 1.807) is 0 Å². The first kappa shape index (κ1) is 41.0. The molecular weight excluding hydrogens is 674 g/mol. The molecule has 0 aromatic carbocycles. The van der Waals surface area contributed by atoms with E-state index in [1.807, 2.05) is 0 Å². The molecule has 0 aliphatic carbocycles. The fourth-order valence-corrected chi connectivity index (χ4v) is 1.61. The van der Waals surface area contributed by atoms with Crippen molar-refractivity contribution in [3.63, 3.8) is 0 Å². The van der Waals surface area contributed by atoms with E-state index in [-0.39, 0.29) is 38.3 Å². The van der Waals surface area contributed by atoms with Gasteiger partial charge in [-0.05, 0) is 21.4 Å². The molecule has 0 N–H and O–H groups in total. The van der Waals surface area contributed by atoms with E-state index < -0.39 is 68.0 Å². The number of alkyl halides is 18. The van der Waals surface area contributed by atoms with Crippen LogP contribution in [0.5, 0.6) is 0 Å². The maximum atomic E-state index is 12.1. The maximum Gasteiger partial charge on any atom is 2.00 e. The Morgan fingerprint density at radius 2 is 0.500 bits per heavy atom. The summed E-state index contributed by atoms with van der Waals surface area (Å²) in [6.45, 7) is 0. The Bertz CT molecular complexity index is 745. The van der Waals surface area contributed by atoms with E-state index in [4.69, 9.17) is 0 Å². The van der Waals surface area contributed by atoms with Crippen LogP contribution >= 0.6 is 0 Å². The van der Waals surface area contributed by atoms with Crippen LogP contribution in [0.1, 0.15) is 0 Å². The molecule has 0 saturated heterocycles.